The zero-order valence-corrected chi connectivity index (χ0v) is 19.7. The van der Waals surface area contributed by atoms with Gasteiger partial charge in [-0.3, -0.25) is 4.79 Å². The van der Waals surface area contributed by atoms with E-state index in [0.29, 0.717) is 11.3 Å². The highest BCUT2D eigenvalue weighted by molar-refractivity contribution is 7.92. The summed E-state index contributed by atoms with van der Waals surface area (Å²) in [4.78, 5) is 14.7. The molecular weight excluding hydrogens is 459 g/mol. The van der Waals surface area contributed by atoms with Crippen molar-refractivity contribution in [2.45, 2.75) is 13.1 Å². The van der Waals surface area contributed by atoms with Gasteiger partial charge in [-0.25, -0.2) is 12.8 Å². The molecule has 0 N–H and O–H groups in total. The van der Waals surface area contributed by atoms with Gasteiger partial charge < -0.3 is 14.1 Å². The topological polar surface area (TPSA) is 80.1 Å². The molecule has 180 valence electrons. The zero-order chi connectivity index (χ0) is 24.4. The minimum absolute atomic E-state index is 0.00877. The fourth-order valence-corrected chi connectivity index (χ4v) is 4.31. The van der Waals surface area contributed by atoms with Gasteiger partial charge in [-0.05, 0) is 41.5 Å². The van der Waals surface area contributed by atoms with Crippen molar-refractivity contribution >= 4 is 22.0 Å². The van der Waals surface area contributed by atoms with Crippen molar-refractivity contribution in [3.63, 3.8) is 0 Å². The van der Waals surface area contributed by atoms with E-state index in [1.54, 1.807) is 48.5 Å². The second kappa shape index (κ2) is 12.3. The Bertz CT molecular complexity index is 1160. The molecule has 9 heteroatoms. The molecule has 3 aromatic rings. The lowest BCUT2D eigenvalue weighted by Crippen LogP contribution is -2.43. The molecule has 0 saturated heterocycles. The van der Waals surface area contributed by atoms with Crippen molar-refractivity contribution in [2.75, 3.05) is 26.8 Å². The number of ether oxygens (including phenoxy) is 1. The molecule has 0 radical (unpaired) electrons. The average molecular weight is 487 g/mol. The molecule has 1 heterocycles. The molecule has 0 aliphatic carbocycles. The van der Waals surface area contributed by atoms with Crippen LogP contribution in [0.2, 0.25) is 0 Å². The van der Waals surface area contributed by atoms with Gasteiger partial charge >= 0.3 is 0 Å². The van der Waals surface area contributed by atoms with Crippen LogP contribution in [0.4, 0.5) is 4.39 Å². The standard InChI is InChI=1S/C25H27FN2O5S/c1-32-16-14-28(34(30,31)17-13-21-6-3-2-4-7-21)20-25(29)27(19-24-8-5-15-33-24)18-22-9-11-23(26)12-10-22/h2-13,15,17H,14,16,18-20H2,1H3/b17-13+. The minimum Gasteiger partial charge on any atom is -0.467 e. The quantitative estimate of drug-likeness (QED) is 0.388. The van der Waals surface area contributed by atoms with Crippen LogP contribution >= 0.6 is 0 Å². The Labute approximate surface area is 199 Å². The maximum atomic E-state index is 13.3. The molecule has 0 fully saturated rings. The number of sulfonamides is 1. The van der Waals surface area contributed by atoms with Crippen LogP contribution in [-0.2, 0) is 32.6 Å². The first kappa shape index (κ1) is 25.4. The fourth-order valence-electron chi connectivity index (χ4n) is 3.19. The number of nitrogens with zero attached hydrogens (tertiary/aromatic N) is 2. The summed E-state index contributed by atoms with van der Waals surface area (Å²) < 4.78 is 50.9. The zero-order valence-electron chi connectivity index (χ0n) is 18.8. The van der Waals surface area contributed by atoms with Gasteiger partial charge in [-0.2, -0.15) is 4.31 Å². The molecule has 0 saturated carbocycles. The van der Waals surface area contributed by atoms with E-state index in [4.69, 9.17) is 9.15 Å². The predicted molar refractivity (Wildman–Crippen MR) is 127 cm³/mol. The summed E-state index contributed by atoms with van der Waals surface area (Å²) in [5, 5.41) is 1.09. The van der Waals surface area contributed by atoms with Crippen LogP contribution in [0, 0.1) is 5.82 Å². The van der Waals surface area contributed by atoms with Crippen LogP contribution in [0.3, 0.4) is 0 Å². The molecule has 1 aromatic heterocycles. The average Bonchev–Trinajstić information content (AvgIpc) is 3.35. The van der Waals surface area contributed by atoms with E-state index in [0.717, 1.165) is 15.3 Å². The van der Waals surface area contributed by atoms with E-state index >= 15 is 0 Å². The highest BCUT2D eigenvalue weighted by Crippen LogP contribution is 2.14. The van der Waals surface area contributed by atoms with E-state index in [-0.39, 0.29) is 38.6 Å². The molecule has 0 unspecified atom stereocenters. The molecule has 0 bridgehead atoms. The number of carbonyl (C=O) groups excluding carboxylic acids is 1. The summed E-state index contributed by atoms with van der Waals surface area (Å²) in [6.45, 7) is 0.0580. The predicted octanol–water partition coefficient (Wildman–Crippen LogP) is 3.90. The first-order valence-corrected chi connectivity index (χ1v) is 12.1. The molecule has 0 atom stereocenters. The van der Waals surface area contributed by atoms with Gasteiger partial charge in [0.15, 0.2) is 0 Å². The van der Waals surface area contributed by atoms with Gasteiger partial charge in [-0.15, -0.1) is 0 Å². The van der Waals surface area contributed by atoms with Crippen LogP contribution in [0.25, 0.3) is 6.08 Å². The number of carbonyl (C=O) groups is 1. The molecule has 7 nitrogen and oxygen atoms in total. The third kappa shape index (κ3) is 7.65. The SMILES string of the molecule is COCCN(CC(=O)N(Cc1ccc(F)cc1)Cc1ccco1)S(=O)(=O)/C=C/c1ccccc1. The number of amides is 1. The normalized spacial score (nSPS) is 11.9. The smallest absolute Gasteiger partial charge is 0.238 e. The van der Waals surface area contributed by atoms with E-state index in [2.05, 4.69) is 0 Å². The summed E-state index contributed by atoms with van der Waals surface area (Å²) in [7, 11) is -2.45. The number of methoxy groups -OCH3 is 1. The molecule has 3 rings (SSSR count). The monoisotopic (exact) mass is 486 g/mol. The Hall–Kier alpha value is -3.27. The number of benzene rings is 2. The van der Waals surface area contributed by atoms with E-state index in [1.807, 2.05) is 6.07 Å². The van der Waals surface area contributed by atoms with Gasteiger partial charge in [0.05, 0.1) is 26.0 Å². The maximum absolute atomic E-state index is 13.3. The van der Waals surface area contributed by atoms with Crippen LogP contribution in [0.15, 0.2) is 82.8 Å². The Morgan fingerprint density at radius 1 is 1.03 bits per heavy atom. The summed E-state index contributed by atoms with van der Waals surface area (Å²) in [5.41, 5.74) is 1.43. The number of hydrogen-bond donors (Lipinski definition) is 0. The van der Waals surface area contributed by atoms with E-state index in [1.165, 1.54) is 36.5 Å². The number of furan rings is 1. The van der Waals surface area contributed by atoms with Gasteiger partial charge in [0.2, 0.25) is 15.9 Å². The fraction of sp³-hybridized carbons (Fsp3) is 0.240. The molecule has 2 aromatic carbocycles. The van der Waals surface area contributed by atoms with Gasteiger partial charge in [0.25, 0.3) is 0 Å². The second-order valence-corrected chi connectivity index (χ2v) is 9.36. The Morgan fingerprint density at radius 3 is 2.41 bits per heavy atom. The third-order valence-electron chi connectivity index (χ3n) is 5.01. The lowest BCUT2D eigenvalue weighted by Gasteiger charge is -2.26. The van der Waals surface area contributed by atoms with Crippen LogP contribution in [-0.4, -0.2) is 50.3 Å². The molecule has 0 aliphatic heterocycles. The first-order chi connectivity index (χ1) is 16.4. The number of rotatable bonds is 12. The minimum atomic E-state index is -3.91. The Kier molecular flexibility index (Phi) is 9.15. The van der Waals surface area contributed by atoms with Crippen molar-refractivity contribution < 1.29 is 26.8 Å². The summed E-state index contributed by atoms with van der Waals surface area (Å²) in [6, 6.07) is 18.2. The summed E-state index contributed by atoms with van der Waals surface area (Å²) in [6.07, 6.45) is 2.98. The summed E-state index contributed by atoms with van der Waals surface area (Å²) in [5.74, 6) is -0.256. The molecule has 34 heavy (non-hydrogen) atoms. The Morgan fingerprint density at radius 2 is 1.76 bits per heavy atom. The molecule has 0 spiro atoms. The lowest BCUT2D eigenvalue weighted by molar-refractivity contribution is -0.133. The highest BCUT2D eigenvalue weighted by Gasteiger charge is 2.25. The van der Waals surface area contributed by atoms with Gasteiger partial charge in [0, 0.05) is 25.6 Å². The lowest BCUT2D eigenvalue weighted by atomic mass is 10.2. The third-order valence-corrected chi connectivity index (χ3v) is 6.53. The maximum Gasteiger partial charge on any atom is 0.238 e. The van der Waals surface area contributed by atoms with Crippen LogP contribution in [0.5, 0.6) is 0 Å². The van der Waals surface area contributed by atoms with Gasteiger partial charge in [-0.1, -0.05) is 42.5 Å². The van der Waals surface area contributed by atoms with Crippen LogP contribution in [0.1, 0.15) is 16.9 Å². The second-order valence-electron chi connectivity index (χ2n) is 7.54. The first-order valence-electron chi connectivity index (χ1n) is 10.6. The largest absolute Gasteiger partial charge is 0.467 e. The number of hydrogen-bond acceptors (Lipinski definition) is 5. The van der Waals surface area contributed by atoms with E-state index in [9.17, 15) is 17.6 Å². The van der Waals surface area contributed by atoms with Crippen molar-refractivity contribution in [1.29, 1.82) is 0 Å². The van der Waals surface area contributed by atoms with Crippen LogP contribution < -0.4 is 0 Å². The summed E-state index contributed by atoms with van der Waals surface area (Å²) >= 11 is 0. The van der Waals surface area contributed by atoms with Crippen molar-refractivity contribution in [3.05, 3.63) is 101 Å². The highest BCUT2D eigenvalue weighted by atomic mass is 32.2. The van der Waals surface area contributed by atoms with Crippen molar-refractivity contribution in [1.82, 2.24) is 9.21 Å². The van der Waals surface area contributed by atoms with Gasteiger partial charge in [0.1, 0.15) is 11.6 Å². The molecule has 1 amide bonds. The molecular formula is C25H27FN2O5S. The van der Waals surface area contributed by atoms with Crippen molar-refractivity contribution in [2.24, 2.45) is 0 Å². The van der Waals surface area contributed by atoms with E-state index < -0.39 is 15.9 Å². The number of halogens is 1. The Balaban J connectivity index is 1.80. The molecule has 0 aliphatic rings. The van der Waals surface area contributed by atoms with Crippen molar-refractivity contribution in [3.8, 4) is 0 Å².